The van der Waals surface area contributed by atoms with Crippen molar-refractivity contribution in [2.45, 2.75) is 255 Å². The molecule has 0 N–H and O–H groups in total. The molecule has 0 aromatic heterocycles. The molecule has 0 rings (SSSR count). The summed E-state index contributed by atoms with van der Waals surface area (Å²) in [5.41, 5.74) is 2.82. The molecule has 3 atom stereocenters. The Morgan fingerprint density at radius 2 is 0.875 bits per heavy atom. The third-order valence-corrected chi connectivity index (χ3v) is 10.4. The fraction of sp³-hybridized carbons (Fsp3) is 0.894. The lowest BCUT2D eigenvalue weighted by atomic mass is 9.91. The van der Waals surface area contributed by atoms with Gasteiger partial charge < -0.3 is 0 Å². The van der Waals surface area contributed by atoms with Crippen LogP contribution in [-0.2, 0) is 4.79 Å². The molecule has 0 saturated carbocycles. The van der Waals surface area contributed by atoms with Gasteiger partial charge in [0, 0.05) is 12.8 Å². The van der Waals surface area contributed by atoms with E-state index in [9.17, 15) is 4.79 Å². The van der Waals surface area contributed by atoms with Gasteiger partial charge in [-0.15, -0.1) is 6.58 Å². The number of carbonyl (C=O) groups is 1. The SMILES string of the molecule is C=C(C)CCCCC.C=C(CCCCCCCC(C)CCCCCCCC(=O)CCC(CC)CCCC)CCC(CC)CCCC.CC. The van der Waals surface area contributed by atoms with E-state index in [1.54, 1.807) is 0 Å². The van der Waals surface area contributed by atoms with Crippen LogP contribution in [0.2, 0.25) is 0 Å². The molecule has 0 aliphatic carbocycles. The number of allylic oxidation sites excluding steroid dienone is 2. The maximum atomic E-state index is 12.2. The highest BCUT2D eigenvalue weighted by molar-refractivity contribution is 5.78. The summed E-state index contributed by atoms with van der Waals surface area (Å²) in [6.45, 7) is 28.2. The first kappa shape index (κ1) is 51.5. The van der Waals surface area contributed by atoms with Crippen LogP contribution in [0.15, 0.2) is 24.3 Å². The Morgan fingerprint density at radius 3 is 1.33 bits per heavy atom. The predicted molar refractivity (Wildman–Crippen MR) is 223 cm³/mol. The van der Waals surface area contributed by atoms with E-state index in [-0.39, 0.29) is 0 Å². The lowest BCUT2D eigenvalue weighted by molar-refractivity contribution is -0.119. The van der Waals surface area contributed by atoms with Gasteiger partial charge in [0.2, 0.25) is 0 Å². The van der Waals surface area contributed by atoms with Crippen LogP contribution in [0.4, 0.5) is 0 Å². The van der Waals surface area contributed by atoms with Gasteiger partial charge >= 0.3 is 0 Å². The van der Waals surface area contributed by atoms with Gasteiger partial charge in [-0.05, 0) is 76.0 Å². The van der Waals surface area contributed by atoms with Crippen molar-refractivity contribution >= 4 is 5.78 Å². The highest BCUT2D eigenvalue weighted by atomic mass is 16.1. The average Bonchev–Trinajstić information content (AvgIpc) is 3.08. The maximum absolute atomic E-state index is 12.2. The van der Waals surface area contributed by atoms with E-state index in [1.165, 1.54) is 178 Å². The van der Waals surface area contributed by atoms with Gasteiger partial charge in [0.1, 0.15) is 5.78 Å². The molecule has 0 aromatic carbocycles. The minimum Gasteiger partial charge on any atom is -0.300 e. The van der Waals surface area contributed by atoms with E-state index in [1.807, 2.05) is 13.8 Å². The van der Waals surface area contributed by atoms with Crippen molar-refractivity contribution in [3.05, 3.63) is 24.3 Å². The molecule has 3 unspecified atom stereocenters. The van der Waals surface area contributed by atoms with E-state index in [4.69, 9.17) is 0 Å². The second kappa shape index (κ2) is 42.3. The quantitative estimate of drug-likeness (QED) is 0.0490. The molecule has 0 aromatic rings. The van der Waals surface area contributed by atoms with Crippen molar-refractivity contribution < 1.29 is 4.79 Å². The molecule has 0 saturated heterocycles. The molecule has 0 aliphatic heterocycles. The van der Waals surface area contributed by atoms with Crippen LogP contribution in [0, 0.1) is 17.8 Å². The fourth-order valence-electron chi connectivity index (χ4n) is 6.68. The van der Waals surface area contributed by atoms with Crippen molar-refractivity contribution in [3.63, 3.8) is 0 Å². The minimum atomic E-state index is 0.515. The molecule has 288 valence electrons. The molecule has 0 aliphatic rings. The van der Waals surface area contributed by atoms with Crippen LogP contribution >= 0.6 is 0 Å². The average molecular weight is 675 g/mol. The van der Waals surface area contributed by atoms with Gasteiger partial charge in [0.15, 0.2) is 0 Å². The van der Waals surface area contributed by atoms with Crippen LogP contribution < -0.4 is 0 Å². The van der Waals surface area contributed by atoms with Crippen LogP contribution in [0.3, 0.4) is 0 Å². The zero-order valence-electron chi connectivity index (χ0n) is 35.3. The maximum Gasteiger partial charge on any atom is 0.132 e. The van der Waals surface area contributed by atoms with Gasteiger partial charge in [-0.1, -0.05) is 202 Å². The van der Waals surface area contributed by atoms with Crippen LogP contribution in [0.5, 0.6) is 0 Å². The first-order chi connectivity index (χ1) is 23.2. The molecule has 0 spiro atoms. The predicted octanol–water partition coefficient (Wildman–Crippen LogP) is 17.4. The highest BCUT2D eigenvalue weighted by Gasteiger charge is 2.10. The second-order valence-corrected chi connectivity index (χ2v) is 15.3. The molecule has 0 radical (unpaired) electrons. The van der Waals surface area contributed by atoms with Gasteiger partial charge in [-0.25, -0.2) is 0 Å². The Bertz CT molecular complexity index is 614. The van der Waals surface area contributed by atoms with Crippen molar-refractivity contribution in [1.82, 2.24) is 0 Å². The number of rotatable bonds is 34. The van der Waals surface area contributed by atoms with Crippen LogP contribution in [-0.4, -0.2) is 5.78 Å². The fourth-order valence-corrected chi connectivity index (χ4v) is 6.68. The summed E-state index contributed by atoms with van der Waals surface area (Å²) in [6.07, 6.45) is 38.7. The lowest BCUT2D eigenvalue weighted by Gasteiger charge is -2.15. The van der Waals surface area contributed by atoms with E-state index in [0.717, 1.165) is 43.4 Å². The summed E-state index contributed by atoms with van der Waals surface area (Å²) in [5, 5.41) is 0. The number of hydrogen-bond acceptors (Lipinski definition) is 1. The van der Waals surface area contributed by atoms with Crippen LogP contribution in [0.1, 0.15) is 255 Å². The minimum absolute atomic E-state index is 0.515. The third kappa shape index (κ3) is 41.3. The first-order valence-corrected chi connectivity index (χ1v) is 22.1. The monoisotopic (exact) mass is 675 g/mol. The number of unbranched alkanes of at least 4 members (excludes halogenated alkanes) is 12. The standard InChI is InChI=1S/C37H72O.C8H16.C2H6/c1-7-11-26-35(9-3)30-29-34(6)25-21-16-13-15-19-23-33(5)24-20-17-14-18-22-28-37(38)32-31-36(10-4)27-12-8-2;1-4-5-6-7-8(2)3;1-2/h33,35-36H,6-32H2,1-5H3;2,4-7H2,1,3H3;1-2H3. The van der Waals surface area contributed by atoms with E-state index in [0.29, 0.717) is 5.78 Å². The zero-order chi connectivity index (χ0) is 36.7. The van der Waals surface area contributed by atoms with Crippen molar-refractivity contribution in [2.24, 2.45) is 17.8 Å². The largest absolute Gasteiger partial charge is 0.300 e. The summed E-state index contributed by atoms with van der Waals surface area (Å²) in [7, 11) is 0. The summed E-state index contributed by atoms with van der Waals surface area (Å²) in [6, 6.07) is 0. The number of ketones is 1. The Hall–Kier alpha value is -0.850. The summed E-state index contributed by atoms with van der Waals surface area (Å²) in [4.78, 5) is 12.2. The van der Waals surface area contributed by atoms with Gasteiger partial charge in [0.05, 0.1) is 0 Å². The highest BCUT2D eigenvalue weighted by Crippen LogP contribution is 2.24. The molecule has 1 heteroatoms. The van der Waals surface area contributed by atoms with E-state index >= 15 is 0 Å². The summed E-state index contributed by atoms with van der Waals surface area (Å²) < 4.78 is 0. The molecular formula is C47H94O. The van der Waals surface area contributed by atoms with Crippen LogP contribution in [0.25, 0.3) is 0 Å². The molecule has 0 fully saturated rings. The molecule has 0 amide bonds. The summed E-state index contributed by atoms with van der Waals surface area (Å²) in [5.74, 6) is 3.10. The van der Waals surface area contributed by atoms with Crippen molar-refractivity contribution in [1.29, 1.82) is 0 Å². The topological polar surface area (TPSA) is 17.1 Å². The van der Waals surface area contributed by atoms with E-state index < -0.39 is 0 Å². The number of Topliss-reactive ketones (excluding diaryl/α,β-unsaturated/α-hetero) is 1. The number of carbonyl (C=O) groups excluding carboxylic acids is 1. The number of hydrogen-bond donors (Lipinski definition) is 0. The Balaban J connectivity index is -0.00000175. The van der Waals surface area contributed by atoms with E-state index in [2.05, 4.69) is 61.6 Å². The molecule has 48 heavy (non-hydrogen) atoms. The molecular weight excluding hydrogens is 581 g/mol. The third-order valence-electron chi connectivity index (χ3n) is 10.4. The lowest BCUT2D eigenvalue weighted by Crippen LogP contribution is -2.04. The Morgan fingerprint density at radius 1 is 0.458 bits per heavy atom. The smallest absolute Gasteiger partial charge is 0.132 e. The molecule has 0 bridgehead atoms. The first-order valence-electron chi connectivity index (χ1n) is 22.1. The molecule has 0 heterocycles. The van der Waals surface area contributed by atoms with Gasteiger partial charge in [0.25, 0.3) is 0 Å². The second-order valence-electron chi connectivity index (χ2n) is 15.3. The van der Waals surface area contributed by atoms with Gasteiger partial charge in [-0.3, -0.25) is 4.79 Å². The van der Waals surface area contributed by atoms with Crippen molar-refractivity contribution in [3.8, 4) is 0 Å². The zero-order valence-corrected chi connectivity index (χ0v) is 35.3. The molecule has 1 nitrogen and oxygen atoms in total. The normalized spacial score (nSPS) is 12.7. The van der Waals surface area contributed by atoms with Crippen molar-refractivity contribution in [2.75, 3.05) is 0 Å². The summed E-state index contributed by atoms with van der Waals surface area (Å²) >= 11 is 0. The Kier molecular flexibility index (Phi) is 45.4. The Labute approximate surface area is 306 Å². The van der Waals surface area contributed by atoms with Gasteiger partial charge in [-0.2, -0.15) is 0 Å².